The third-order valence-electron chi connectivity index (χ3n) is 7.22. The van der Waals surface area contributed by atoms with Crippen LogP contribution in [0.15, 0.2) is 46.8 Å². The highest BCUT2D eigenvalue weighted by atomic mass is 32.2. The number of rotatable bonds is 12. The number of hydrogen-bond donors (Lipinski definition) is 2. The highest BCUT2D eigenvalue weighted by molar-refractivity contribution is 8.01. The number of methoxy groups -OCH3 is 1. The van der Waals surface area contributed by atoms with Gasteiger partial charge in [0.1, 0.15) is 5.75 Å². The maximum absolute atomic E-state index is 11.3. The molecule has 1 aliphatic rings. The Bertz CT molecular complexity index is 1150. The Kier molecular flexibility index (Phi) is 9.65. The summed E-state index contributed by atoms with van der Waals surface area (Å²) >= 11 is 3.75. The quantitative estimate of drug-likeness (QED) is 0.278. The van der Waals surface area contributed by atoms with E-state index in [0.29, 0.717) is 24.7 Å². The molecule has 3 heterocycles. The Morgan fingerprint density at radius 3 is 2.86 bits per heavy atom. The fourth-order valence-corrected chi connectivity index (χ4v) is 7.42. The average Bonchev–Trinajstić information content (AvgIpc) is 3.30. The number of pyridine rings is 1. The minimum absolute atomic E-state index is 0.204. The van der Waals surface area contributed by atoms with Gasteiger partial charge >= 0.3 is 5.97 Å². The fraction of sp³-hybridized carbons (Fsp3) is 0.500. The molecule has 2 aromatic heterocycles. The zero-order chi connectivity index (χ0) is 25.5. The molecule has 0 amide bonds. The number of thiophene rings is 1. The molecule has 0 radical (unpaired) electrons. The number of aromatic nitrogens is 1. The lowest BCUT2D eigenvalue weighted by molar-refractivity contribution is -0.137. The first-order chi connectivity index (χ1) is 17.4. The molecule has 0 unspecified atom stereocenters. The summed E-state index contributed by atoms with van der Waals surface area (Å²) in [6, 6.07) is 12.0. The predicted molar refractivity (Wildman–Crippen MR) is 147 cm³/mol. The van der Waals surface area contributed by atoms with Crippen molar-refractivity contribution < 1.29 is 19.7 Å². The standard InChI is InChI=1S/C28H36N2O4S2/c1-19-3-10-28(36-19)35-16-15-30-14-12-20(21(18-30)5-9-27(32)33)4-8-26(31)23-11-13-29-25-7-6-22(34-2)17-24(23)25/h3,6-7,10-11,13,17,20-21,26,31H,4-5,8-9,12,14-16,18H2,1-2H3,(H,32,33)/t20-,21-,26-/m1/s1. The van der Waals surface area contributed by atoms with Crippen LogP contribution < -0.4 is 4.74 Å². The fourth-order valence-electron chi connectivity index (χ4n) is 5.23. The number of fused-ring (bicyclic) bond motifs is 1. The Labute approximate surface area is 221 Å². The largest absolute Gasteiger partial charge is 0.497 e. The molecule has 194 valence electrons. The van der Waals surface area contributed by atoms with Crippen LogP contribution in [0.25, 0.3) is 10.9 Å². The normalized spacial score (nSPS) is 19.4. The highest BCUT2D eigenvalue weighted by Crippen LogP contribution is 2.35. The molecule has 1 fully saturated rings. The number of carboxylic acids is 1. The van der Waals surface area contributed by atoms with Crippen molar-refractivity contribution in [1.82, 2.24) is 9.88 Å². The van der Waals surface area contributed by atoms with Crippen LogP contribution in [0.2, 0.25) is 0 Å². The van der Waals surface area contributed by atoms with E-state index in [1.165, 1.54) is 9.09 Å². The SMILES string of the molecule is COc1ccc2nccc([C@H](O)CC[C@@H]3CCN(CCSc4ccc(C)s4)C[C@H]3CCC(=O)O)c2c1. The third kappa shape index (κ3) is 7.22. The number of carboxylic acid groups (broad SMARTS) is 1. The van der Waals surface area contributed by atoms with Gasteiger partial charge in [0, 0.05) is 41.7 Å². The summed E-state index contributed by atoms with van der Waals surface area (Å²) in [7, 11) is 1.64. The van der Waals surface area contributed by atoms with Crippen molar-refractivity contribution >= 4 is 40.0 Å². The first-order valence-electron chi connectivity index (χ1n) is 12.7. The number of piperidine rings is 1. The molecule has 1 saturated heterocycles. The number of likely N-dealkylation sites (tertiary alicyclic amines) is 1. The Morgan fingerprint density at radius 1 is 1.25 bits per heavy atom. The maximum atomic E-state index is 11.3. The monoisotopic (exact) mass is 528 g/mol. The van der Waals surface area contributed by atoms with Crippen LogP contribution in [-0.2, 0) is 4.79 Å². The molecule has 0 bridgehead atoms. The molecule has 0 aliphatic carbocycles. The number of aliphatic carboxylic acids is 1. The number of aliphatic hydroxyl groups excluding tert-OH is 1. The maximum Gasteiger partial charge on any atom is 0.303 e. The lowest BCUT2D eigenvalue weighted by atomic mass is 9.79. The van der Waals surface area contributed by atoms with Gasteiger partial charge in [0.05, 0.1) is 22.9 Å². The number of carbonyl (C=O) groups is 1. The molecule has 0 saturated carbocycles. The second kappa shape index (κ2) is 12.9. The lowest BCUT2D eigenvalue weighted by Crippen LogP contribution is -2.41. The second-order valence-corrected chi connectivity index (χ2v) is 12.3. The smallest absolute Gasteiger partial charge is 0.303 e. The van der Waals surface area contributed by atoms with Gasteiger partial charge in [-0.2, -0.15) is 0 Å². The molecule has 3 aromatic rings. The highest BCUT2D eigenvalue weighted by Gasteiger charge is 2.30. The minimum atomic E-state index is -0.730. The zero-order valence-electron chi connectivity index (χ0n) is 21.1. The van der Waals surface area contributed by atoms with Gasteiger partial charge in [-0.25, -0.2) is 0 Å². The van der Waals surface area contributed by atoms with Gasteiger partial charge < -0.3 is 19.8 Å². The van der Waals surface area contributed by atoms with Crippen LogP contribution >= 0.6 is 23.1 Å². The number of nitrogens with zero attached hydrogens (tertiary/aromatic N) is 2. The summed E-state index contributed by atoms with van der Waals surface area (Å²) in [4.78, 5) is 19.6. The van der Waals surface area contributed by atoms with Gasteiger partial charge in [0.2, 0.25) is 0 Å². The van der Waals surface area contributed by atoms with Crippen molar-refractivity contribution in [3.63, 3.8) is 0 Å². The van der Waals surface area contributed by atoms with Crippen molar-refractivity contribution in [3.05, 3.63) is 53.0 Å². The van der Waals surface area contributed by atoms with Crippen LogP contribution in [0.5, 0.6) is 5.75 Å². The van der Waals surface area contributed by atoms with E-state index in [1.54, 1.807) is 13.3 Å². The minimum Gasteiger partial charge on any atom is -0.497 e. The molecular formula is C28H36N2O4S2. The van der Waals surface area contributed by atoms with E-state index in [1.807, 2.05) is 47.4 Å². The molecule has 0 spiro atoms. The van der Waals surface area contributed by atoms with Gasteiger partial charge in [-0.3, -0.25) is 9.78 Å². The number of aliphatic hydroxyl groups is 1. The number of aryl methyl sites for hydroxylation is 1. The van der Waals surface area contributed by atoms with Crippen molar-refractivity contribution in [1.29, 1.82) is 0 Å². The predicted octanol–water partition coefficient (Wildman–Crippen LogP) is 6.02. The topological polar surface area (TPSA) is 82.9 Å². The molecule has 36 heavy (non-hydrogen) atoms. The number of hydrogen-bond acceptors (Lipinski definition) is 7. The molecule has 6 nitrogen and oxygen atoms in total. The third-order valence-corrected chi connectivity index (χ3v) is 9.43. The molecule has 3 atom stereocenters. The summed E-state index contributed by atoms with van der Waals surface area (Å²) in [5.74, 6) is 1.83. The van der Waals surface area contributed by atoms with Crippen LogP contribution in [0.3, 0.4) is 0 Å². The lowest BCUT2D eigenvalue weighted by Gasteiger charge is -2.39. The first-order valence-corrected chi connectivity index (χ1v) is 14.5. The summed E-state index contributed by atoms with van der Waals surface area (Å²) in [6.07, 6.45) is 4.64. The molecule has 2 N–H and O–H groups in total. The number of benzene rings is 1. The van der Waals surface area contributed by atoms with Gasteiger partial charge in [-0.05, 0) is 92.9 Å². The van der Waals surface area contributed by atoms with E-state index in [9.17, 15) is 15.0 Å². The Morgan fingerprint density at radius 2 is 2.11 bits per heavy atom. The van der Waals surface area contributed by atoms with E-state index in [-0.39, 0.29) is 6.42 Å². The van der Waals surface area contributed by atoms with Gasteiger partial charge in [-0.15, -0.1) is 23.1 Å². The average molecular weight is 529 g/mol. The number of ether oxygens (including phenoxy) is 1. The van der Waals surface area contributed by atoms with Crippen molar-refractivity contribution in [2.24, 2.45) is 11.8 Å². The Balaban J connectivity index is 1.35. The molecule has 4 rings (SSSR count). The summed E-state index contributed by atoms with van der Waals surface area (Å²) in [5, 5.41) is 21.3. The van der Waals surface area contributed by atoms with Gasteiger partial charge in [-0.1, -0.05) is 0 Å². The van der Waals surface area contributed by atoms with Crippen molar-refractivity contribution in [2.45, 2.75) is 49.3 Å². The molecular weight excluding hydrogens is 492 g/mol. The molecule has 1 aromatic carbocycles. The zero-order valence-corrected chi connectivity index (χ0v) is 22.7. The summed E-state index contributed by atoms with van der Waals surface area (Å²) < 4.78 is 6.73. The van der Waals surface area contributed by atoms with E-state index in [0.717, 1.165) is 60.4 Å². The molecule has 8 heteroatoms. The van der Waals surface area contributed by atoms with Gasteiger partial charge in [0.25, 0.3) is 0 Å². The van der Waals surface area contributed by atoms with Crippen molar-refractivity contribution in [3.8, 4) is 5.75 Å². The van der Waals surface area contributed by atoms with Crippen molar-refractivity contribution in [2.75, 3.05) is 32.5 Å². The van der Waals surface area contributed by atoms with E-state index in [4.69, 9.17) is 4.74 Å². The first kappa shape index (κ1) is 26.9. The van der Waals surface area contributed by atoms with Crippen LogP contribution in [0, 0.1) is 18.8 Å². The Hall–Kier alpha value is -2.13. The second-order valence-electron chi connectivity index (χ2n) is 9.63. The number of thioether (sulfide) groups is 1. The van der Waals surface area contributed by atoms with Gasteiger partial charge in [0.15, 0.2) is 0 Å². The van der Waals surface area contributed by atoms with Crippen LogP contribution in [-0.4, -0.2) is 58.6 Å². The van der Waals surface area contributed by atoms with Crippen LogP contribution in [0.4, 0.5) is 0 Å². The summed E-state index contributed by atoms with van der Waals surface area (Å²) in [5.41, 5.74) is 1.72. The van der Waals surface area contributed by atoms with E-state index in [2.05, 4.69) is 28.9 Å². The van der Waals surface area contributed by atoms with E-state index < -0.39 is 12.1 Å². The van der Waals surface area contributed by atoms with Crippen LogP contribution in [0.1, 0.15) is 48.6 Å². The molecule has 1 aliphatic heterocycles. The summed E-state index contributed by atoms with van der Waals surface area (Å²) in [6.45, 7) is 5.13. The van der Waals surface area contributed by atoms with E-state index >= 15 is 0 Å².